The van der Waals surface area contributed by atoms with Crippen molar-refractivity contribution in [3.05, 3.63) is 200 Å². The largest absolute Gasteiger partial charge is 0.309 e. The lowest BCUT2D eigenvalue weighted by Gasteiger charge is -2.32. The summed E-state index contributed by atoms with van der Waals surface area (Å²) in [6, 6.07) is 72.9. The summed E-state index contributed by atoms with van der Waals surface area (Å²) in [5.41, 5.74) is 8.81. The summed E-state index contributed by atoms with van der Waals surface area (Å²) in [5.74, 6) is 0.724. The van der Waals surface area contributed by atoms with Crippen molar-refractivity contribution >= 4 is 82.1 Å². The van der Waals surface area contributed by atoms with Crippen molar-refractivity contribution in [1.29, 1.82) is 0 Å². The quantitative estimate of drug-likeness (QED) is 0.164. The van der Waals surface area contributed by atoms with Crippen LogP contribution in [-0.4, -0.2) is 22.6 Å². The molecule has 0 saturated heterocycles. The minimum Gasteiger partial charge on any atom is -0.309 e. The van der Waals surface area contributed by atoms with Gasteiger partial charge in [0.1, 0.15) is 0 Å². The summed E-state index contributed by atoms with van der Waals surface area (Å²) >= 11 is 1.86. The first-order chi connectivity index (χ1) is 28.3. The van der Waals surface area contributed by atoms with Gasteiger partial charge in [-0.3, -0.25) is 0 Å². The van der Waals surface area contributed by atoms with Gasteiger partial charge in [-0.15, -0.1) is 11.3 Å². The highest BCUT2D eigenvalue weighted by atomic mass is 32.1. The minimum absolute atomic E-state index is 0.724. The van der Waals surface area contributed by atoms with Gasteiger partial charge in [0, 0.05) is 58.5 Å². The number of hydrogen-bond donors (Lipinski definition) is 0. The van der Waals surface area contributed by atoms with Gasteiger partial charge < -0.3 is 4.57 Å². The fourth-order valence-electron chi connectivity index (χ4n) is 9.56. The van der Waals surface area contributed by atoms with Gasteiger partial charge in [-0.1, -0.05) is 170 Å². The number of fused-ring (bicyclic) bond motifs is 10. The molecule has 0 atom stereocenters. The number of para-hydroxylation sites is 1. The van der Waals surface area contributed by atoms with Gasteiger partial charge in [-0.25, -0.2) is 9.97 Å². The van der Waals surface area contributed by atoms with Gasteiger partial charge in [0.15, 0.2) is 13.9 Å². The molecule has 11 aromatic rings. The Hall–Kier alpha value is -6.92. The molecule has 0 spiro atoms. The van der Waals surface area contributed by atoms with Crippen molar-refractivity contribution in [2.75, 3.05) is 0 Å². The fourth-order valence-corrected chi connectivity index (χ4v) is 15.9. The molecular formula is C52H33N3SSi. The van der Waals surface area contributed by atoms with Crippen molar-refractivity contribution in [2.45, 2.75) is 0 Å². The van der Waals surface area contributed by atoms with Crippen LogP contribution in [0.4, 0.5) is 0 Å². The second-order valence-electron chi connectivity index (χ2n) is 14.8. The Morgan fingerprint density at radius 2 is 1.09 bits per heavy atom. The van der Waals surface area contributed by atoms with E-state index < -0.39 is 8.07 Å². The van der Waals surface area contributed by atoms with E-state index in [1.165, 1.54) is 68.3 Å². The molecule has 0 bridgehead atoms. The average molecular weight is 760 g/mol. The number of hydrogen-bond acceptors (Lipinski definition) is 3. The molecule has 4 heterocycles. The van der Waals surface area contributed by atoms with E-state index in [0.29, 0.717) is 0 Å². The van der Waals surface area contributed by atoms with Crippen LogP contribution >= 0.6 is 11.3 Å². The standard InChI is InChI=1S/C52H33N3SSi/c1-4-17-34(18-5-1)48-51-49(42-27-12-15-30-46(42)57(51,37-21-6-2-7-22-37)38-23-8-3-9-24-38)54-52(53-48)35-19-16-20-36(33-35)55-43-28-13-10-25-39(43)40-31-32-45-47(50(40)55)41-26-11-14-29-44(41)56-45/h1-33H. The van der Waals surface area contributed by atoms with Crippen molar-refractivity contribution in [1.82, 2.24) is 14.5 Å². The first-order valence-corrected chi connectivity index (χ1v) is 22.2. The first-order valence-electron chi connectivity index (χ1n) is 19.4. The lowest BCUT2D eigenvalue weighted by molar-refractivity contribution is 1.17. The van der Waals surface area contributed by atoms with Crippen LogP contribution in [0.25, 0.3) is 81.6 Å². The second-order valence-corrected chi connectivity index (χ2v) is 19.6. The van der Waals surface area contributed by atoms with E-state index in [9.17, 15) is 0 Å². The highest BCUT2D eigenvalue weighted by Gasteiger charge is 2.51. The number of rotatable bonds is 5. The lowest BCUT2D eigenvalue weighted by Crippen LogP contribution is -2.73. The molecule has 0 radical (unpaired) electrons. The van der Waals surface area contributed by atoms with Crippen LogP contribution in [0.5, 0.6) is 0 Å². The van der Waals surface area contributed by atoms with Gasteiger partial charge in [-0.2, -0.15) is 0 Å². The van der Waals surface area contributed by atoms with Crippen LogP contribution < -0.4 is 20.7 Å². The van der Waals surface area contributed by atoms with E-state index in [1.807, 2.05) is 11.3 Å². The molecule has 0 aliphatic carbocycles. The maximum Gasteiger partial charge on any atom is 0.185 e. The third-order valence-electron chi connectivity index (χ3n) is 11.9. The molecule has 5 heteroatoms. The normalized spacial score (nSPS) is 13.1. The molecule has 1 aliphatic rings. The topological polar surface area (TPSA) is 30.7 Å². The molecule has 8 aromatic carbocycles. The van der Waals surface area contributed by atoms with Crippen LogP contribution in [0, 0.1) is 0 Å². The first kappa shape index (κ1) is 32.3. The molecule has 266 valence electrons. The summed E-state index contributed by atoms with van der Waals surface area (Å²) < 4.78 is 5.05. The third-order valence-corrected chi connectivity index (χ3v) is 17.9. The third kappa shape index (κ3) is 4.64. The summed E-state index contributed by atoms with van der Waals surface area (Å²) in [5, 5.41) is 10.4. The molecular weight excluding hydrogens is 727 g/mol. The van der Waals surface area contributed by atoms with Crippen LogP contribution in [-0.2, 0) is 0 Å². The summed E-state index contributed by atoms with van der Waals surface area (Å²) in [6.45, 7) is 0. The fraction of sp³-hybridized carbons (Fsp3) is 0. The Bertz CT molecular complexity index is 3310. The Kier molecular flexibility index (Phi) is 7.12. The molecule has 0 saturated carbocycles. The molecule has 3 aromatic heterocycles. The van der Waals surface area contributed by atoms with Crippen molar-refractivity contribution in [2.24, 2.45) is 0 Å². The second kappa shape index (κ2) is 12.5. The van der Waals surface area contributed by atoms with Gasteiger partial charge in [0.25, 0.3) is 0 Å². The zero-order valence-electron chi connectivity index (χ0n) is 30.8. The van der Waals surface area contributed by atoms with E-state index >= 15 is 0 Å². The average Bonchev–Trinajstić information content (AvgIpc) is 3.94. The molecule has 0 unspecified atom stereocenters. The molecule has 0 amide bonds. The maximum absolute atomic E-state index is 5.66. The van der Waals surface area contributed by atoms with E-state index in [0.717, 1.165) is 34.0 Å². The molecule has 3 nitrogen and oxygen atoms in total. The minimum atomic E-state index is -2.86. The van der Waals surface area contributed by atoms with Crippen molar-refractivity contribution < 1.29 is 0 Å². The number of aromatic nitrogens is 3. The van der Waals surface area contributed by atoms with Gasteiger partial charge in [-0.05, 0) is 45.9 Å². The SMILES string of the molecule is c1ccc(-c2nc(-c3cccc(-n4c5ccccc5c5ccc6sc7ccccc7c6c54)c3)nc3c2[Si](c2ccccc2)(c2ccccc2)c2ccccc2-3)cc1. The summed E-state index contributed by atoms with van der Waals surface area (Å²) in [7, 11) is -2.86. The Labute approximate surface area is 334 Å². The molecule has 12 rings (SSSR count). The van der Waals surface area contributed by atoms with E-state index in [1.54, 1.807) is 0 Å². The number of nitrogens with zero attached hydrogens (tertiary/aromatic N) is 3. The molecule has 0 N–H and O–H groups in total. The number of benzene rings is 8. The van der Waals surface area contributed by atoms with Crippen molar-refractivity contribution in [3.63, 3.8) is 0 Å². The van der Waals surface area contributed by atoms with Crippen LogP contribution in [0.2, 0.25) is 0 Å². The zero-order valence-corrected chi connectivity index (χ0v) is 32.6. The Morgan fingerprint density at radius 1 is 0.456 bits per heavy atom. The van der Waals surface area contributed by atoms with Gasteiger partial charge in [0.2, 0.25) is 0 Å². The molecule has 57 heavy (non-hydrogen) atoms. The van der Waals surface area contributed by atoms with Gasteiger partial charge in [0.05, 0.1) is 22.4 Å². The van der Waals surface area contributed by atoms with Crippen LogP contribution in [0.1, 0.15) is 0 Å². The van der Waals surface area contributed by atoms with E-state index in [4.69, 9.17) is 9.97 Å². The monoisotopic (exact) mass is 759 g/mol. The lowest BCUT2D eigenvalue weighted by atomic mass is 10.1. The molecule has 1 aliphatic heterocycles. The van der Waals surface area contributed by atoms with Crippen molar-refractivity contribution in [3.8, 4) is 39.6 Å². The predicted octanol–water partition coefficient (Wildman–Crippen LogP) is 10.6. The highest BCUT2D eigenvalue weighted by molar-refractivity contribution is 7.26. The molecule has 0 fully saturated rings. The highest BCUT2D eigenvalue weighted by Crippen LogP contribution is 2.43. The maximum atomic E-state index is 5.66. The Balaban J connectivity index is 1.16. The summed E-state index contributed by atoms with van der Waals surface area (Å²) in [4.78, 5) is 11.3. The zero-order chi connectivity index (χ0) is 37.5. The smallest absolute Gasteiger partial charge is 0.185 e. The van der Waals surface area contributed by atoms with E-state index in [2.05, 4.69) is 205 Å². The van der Waals surface area contributed by atoms with Crippen LogP contribution in [0.3, 0.4) is 0 Å². The number of thiophene rings is 1. The van der Waals surface area contributed by atoms with E-state index in [-0.39, 0.29) is 0 Å². The van der Waals surface area contributed by atoms with Crippen LogP contribution in [0.15, 0.2) is 200 Å². The van der Waals surface area contributed by atoms with Gasteiger partial charge >= 0.3 is 0 Å². The predicted molar refractivity (Wildman–Crippen MR) is 243 cm³/mol. The Morgan fingerprint density at radius 3 is 1.88 bits per heavy atom. The summed E-state index contributed by atoms with van der Waals surface area (Å²) in [6.07, 6.45) is 0.